The molecule has 0 radical (unpaired) electrons. The van der Waals surface area contributed by atoms with Gasteiger partial charge in [-0.15, -0.1) is 0 Å². The molecule has 1 aromatic rings. The van der Waals surface area contributed by atoms with Crippen LogP contribution in [0.25, 0.3) is 0 Å². The molecule has 0 spiro atoms. The number of nitrogen functional groups attached to an aromatic ring is 1. The van der Waals surface area contributed by atoms with E-state index in [2.05, 4.69) is 4.72 Å². The molecule has 7 heteroatoms. The number of hydrogen-bond acceptors (Lipinski definition) is 4. The number of halogens is 1. The van der Waals surface area contributed by atoms with E-state index in [9.17, 15) is 17.9 Å². The Balaban J connectivity index is 2.11. The maximum Gasteiger partial charge on any atom is 0.243 e. The van der Waals surface area contributed by atoms with E-state index in [-0.39, 0.29) is 12.2 Å². The van der Waals surface area contributed by atoms with Crippen LogP contribution in [0, 0.1) is 5.82 Å². The fourth-order valence-electron chi connectivity index (χ4n) is 2.43. The Morgan fingerprint density at radius 1 is 1.30 bits per heavy atom. The number of hydrogen-bond donors (Lipinski definition) is 3. The van der Waals surface area contributed by atoms with E-state index in [0.29, 0.717) is 12.8 Å². The molecule has 0 amide bonds. The Labute approximate surface area is 118 Å². The SMILES string of the molecule is Nc1ccc(S(=O)(=O)NCC2(O)CCCCC2)c(F)c1. The third-order valence-electron chi connectivity index (χ3n) is 3.62. The minimum atomic E-state index is -3.99. The molecule has 1 aliphatic rings. The summed E-state index contributed by atoms with van der Waals surface area (Å²) in [6.45, 7) is -0.0981. The number of sulfonamides is 1. The summed E-state index contributed by atoms with van der Waals surface area (Å²) in [5.74, 6) is -0.895. The molecule has 0 saturated heterocycles. The minimum absolute atomic E-state index is 0.0981. The second-order valence-corrected chi connectivity index (χ2v) is 7.03. The molecule has 0 bridgehead atoms. The van der Waals surface area contributed by atoms with Crippen molar-refractivity contribution in [2.24, 2.45) is 0 Å². The molecule has 112 valence electrons. The van der Waals surface area contributed by atoms with Gasteiger partial charge in [0.05, 0.1) is 5.60 Å². The summed E-state index contributed by atoms with van der Waals surface area (Å²) in [6, 6.07) is 3.41. The Hall–Kier alpha value is -1.18. The first-order chi connectivity index (χ1) is 9.32. The Kier molecular flexibility index (Phi) is 4.31. The molecular weight excluding hydrogens is 283 g/mol. The number of rotatable bonds is 4. The lowest BCUT2D eigenvalue weighted by Crippen LogP contribution is -2.44. The van der Waals surface area contributed by atoms with Crippen LogP contribution in [0.3, 0.4) is 0 Å². The predicted molar refractivity (Wildman–Crippen MR) is 74.0 cm³/mol. The van der Waals surface area contributed by atoms with Crippen LogP contribution in [0.2, 0.25) is 0 Å². The molecular formula is C13H19FN2O3S. The third-order valence-corrected chi connectivity index (χ3v) is 5.06. The van der Waals surface area contributed by atoms with E-state index in [0.717, 1.165) is 31.4 Å². The standard InChI is InChI=1S/C13H19FN2O3S/c14-11-8-10(15)4-5-12(11)20(18,19)16-9-13(17)6-2-1-3-7-13/h4-5,8,16-17H,1-3,6-7,9,15H2. The number of aliphatic hydroxyl groups is 1. The summed E-state index contributed by atoms with van der Waals surface area (Å²) < 4.78 is 40.0. The Morgan fingerprint density at radius 3 is 2.55 bits per heavy atom. The van der Waals surface area contributed by atoms with Crippen molar-refractivity contribution in [1.82, 2.24) is 4.72 Å². The van der Waals surface area contributed by atoms with Crippen LogP contribution < -0.4 is 10.5 Å². The predicted octanol–water partition coefficient (Wildman–Crippen LogP) is 1.38. The zero-order valence-electron chi connectivity index (χ0n) is 11.1. The van der Waals surface area contributed by atoms with E-state index in [1.54, 1.807) is 0 Å². The lowest BCUT2D eigenvalue weighted by molar-refractivity contribution is 0.00944. The van der Waals surface area contributed by atoms with Gasteiger partial charge in [0.1, 0.15) is 10.7 Å². The average Bonchev–Trinajstić information content (AvgIpc) is 2.37. The van der Waals surface area contributed by atoms with E-state index < -0.39 is 26.3 Å². The fourth-order valence-corrected chi connectivity index (χ4v) is 3.61. The van der Waals surface area contributed by atoms with Gasteiger partial charge >= 0.3 is 0 Å². The normalized spacial score (nSPS) is 18.9. The van der Waals surface area contributed by atoms with Crippen LogP contribution in [0.1, 0.15) is 32.1 Å². The summed E-state index contributed by atoms with van der Waals surface area (Å²) in [5, 5.41) is 10.3. The van der Waals surface area contributed by atoms with Crippen LogP contribution in [0.5, 0.6) is 0 Å². The zero-order valence-corrected chi connectivity index (χ0v) is 11.9. The summed E-state index contributed by atoms with van der Waals surface area (Å²) in [6.07, 6.45) is 3.89. The van der Waals surface area contributed by atoms with Crippen LogP contribution in [0.4, 0.5) is 10.1 Å². The number of nitrogens with two attached hydrogens (primary N) is 1. The lowest BCUT2D eigenvalue weighted by Gasteiger charge is -2.32. The number of nitrogens with one attached hydrogen (secondary N) is 1. The minimum Gasteiger partial charge on any atom is -0.399 e. The van der Waals surface area contributed by atoms with Crippen molar-refractivity contribution < 1.29 is 17.9 Å². The molecule has 1 aromatic carbocycles. The van der Waals surface area contributed by atoms with Gasteiger partial charge in [-0.05, 0) is 31.0 Å². The van der Waals surface area contributed by atoms with Crippen molar-refractivity contribution in [1.29, 1.82) is 0 Å². The second kappa shape index (κ2) is 5.67. The number of anilines is 1. The summed E-state index contributed by atoms with van der Waals surface area (Å²) in [5.41, 5.74) is 4.51. The van der Waals surface area contributed by atoms with Crippen molar-refractivity contribution in [2.45, 2.75) is 42.6 Å². The molecule has 0 unspecified atom stereocenters. The van der Waals surface area contributed by atoms with E-state index in [4.69, 9.17) is 5.73 Å². The molecule has 1 aliphatic carbocycles. The van der Waals surface area contributed by atoms with Gasteiger partial charge in [-0.25, -0.2) is 17.5 Å². The molecule has 5 nitrogen and oxygen atoms in total. The van der Waals surface area contributed by atoms with Gasteiger partial charge in [-0.1, -0.05) is 19.3 Å². The molecule has 0 atom stereocenters. The molecule has 0 aliphatic heterocycles. The highest BCUT2D eigenvalue weighted by molar-refractivity contribution is 7.89. The van der Waals surface area contributed by atoms with Gasteiger partial charge in [0.25, 0.3) is 0 Å². The molecule has 1 saturated carbocycles. The zero-order chi connectivity index (χ0) is 14.8. The molecule has 2 rings (SSSR count). The lowest BCUT2D eigenvalue weighted by atomic mass is 9.85. The first-order valence-corrected chi connectivity index (χ1v) is 8.08. The van der Waals surface area contributed by atoms with Gasteiger partial charge in [0.2, 0.25) is 10.0 Å². The first-order valence-electron chi connectivity index (χ1n) is 6.60. The first kappa shape index (κ1) is 15.2. The summed E-state index contributed by atoms with van der Waals surface area (Å²) in [7, 11) is -3.99. The van der Waals surface area contributed by atoms with Gasteiger partial charge in [-0.3, -0.25) is 0 Å². The maximum absolute atomic E-state index is 13.6. The van der Waals surface area contributed by atoms with Crippen LogP contribution >= 0.6 is 0 Å². The van der Waals surface area contributed by atoms with Crippen LogP contribution in [0.15, 0.2) is 23.1 Å². The van der Waals surface area contributed by atoms with E-state index in [1.807, 2.05) is 0 Å². The Bertz CT molecular complexity index is 583. The third kappa shape index (κ3) is 3.47. The molecule has 4 N–H and O–H groups in total. The van der Waals surface area contributed by atoms with E-state index in [1.165, 1.54) is 6.07 Å². The maximum atomic E-state index is 13.6. The fraction of sp³-hybridized carbons (Fsp3) is 0.538. The van der Waals surface area contributed by atoms with Gasteiger partial charge in [0, 0.05) is 12.2 Å². The molecule has 0 aromatic heterocycles. The van der Waals surface area contributed by atoms with Crippen LogP contribution in [-0.4, -0.2) is 25.7 Å². The molecule has 0 heterocycles. The van der Waals surface area contributed by atoms with Gasteiger partial charge in [-0.2, -0.15) is 0 Å². The second-order valence-electron chi connectivity index (χ2n) is 5.30. The summed E-state index contributed by atoms with van der Waals surface area (Å²) in [4.78, 5) is -0.453. The van der Waals surface area contributed by atoms with Crippen molar-refractivity contribution in [3.8, 4) is 0 Å². The van der Waals surface area contributed by atoms with Gasteiger partial charge in [0.15, 0.2) is 0 Å². The van der Waals surface area contributed by atoms with Crippen molar-refractivity contribution >= 4 is 15.7 Å². The van der Waals surface area contributed by atoms with Crippen molar-refractivity contribution in [2.75, 3.05) is 12.3 Å². The monoisotopic (exact) mass is 302 g/mol. The van der Waals surface area contributed by atoms with Crippen LogP contribution in [-0.2, 0) is 10.0 Å². The quantitative estimate of drug-likeness (QED) is 0.733. The Morgan fingerprint density at radius 2 is 1.95 bits per heavy atom. The average molecular weight is 302 g/mol. The molecule has 1 fully saturated rings. The highest BCUT2D eigenvalue weighted by Gasteiger charge is 2.31. The van der Waals surface area contributed by atoms with Gasteiger partial charge < -0.3 is 10.8 Å². The largest absolute Gasteiger partial charge is 0.399 e. The highest BCUT2D eigenvalue weighted by atomic mass is 32.2. The van der Waals surface area contributed by atoms with E-state index >= 15 is 0 Å². The summed E-state index contributed by atoms with van der Waals surface area (Å²) >= 11 is 0. The smallest absolute Gasteiger partial charge is 0.243 e. The molecule has 20 heavy (non-hydrogen) atoms. The highest BCUT2D eigenvalue weighted by Crippen LogP contribution is 2.28. The number of benzene rings is 1. The van der Waals surface area contributed by atoms with Crippen molar-refractivity contribution in [3.63, 3.8) is 0 Å². The topological polar surface area (TPSA) is 92.4 Å². The van der Waals surface area contributed by atoms with Crippen molar-refractivity contribution in [3.05, 3.63) is 24.0 Å².